The minimum atomic E-state index is -4.12. The minimum absolute atomic E-state index is 0.105. The molecule has 0 saturated heterocycles. The van der Waals surface area contributed by atoms with E-state index in [2.05, 4.69) is 25.0 Å². The van der Waals surface area contributed by atoms with Crippen LogP contribution in [0.3, 0.4) is 0 Å². The molecule has 0 bridgehead atoms. The number of benzene rings is 3. The number of hydrogen-bond acceptors (Lipinski definition) is 8. The number of esters is 2. The molecule has 0 aliphatic carbocycles. The molecule has 3 aromatic carbocycles. The second kappa shape index (κ2) is 17.4. The van der Waals surface area contributed by atoms with Crippen molar-refractivity contribution in [2.45, 2.75) is 31.9 Å². The first kappa shape index (κ1) is 35.4. The number of carbonyl (C=O) groups is 2. The monoisotopic (exact) mass is 638 g/mol. The van der Waals surface area contributed by atoms with Gasteiger partial charge < -0.3 is 29.2 Å². The first-order chi connectivity index (χ1) is 22.0. The number of rotatable bonds is 15. The molecule has 0 aliphatic heterocycles. The zero-order valence-corrected chi connectivity index (χ0v) is 24.9. The number of aliphatic hydroxyl groups is 2. The summed E-state index contributed by atoms with van der Waals surface area (Å²) in [4.78, 5) is 23.5. The van der Waals surface area contributed by atoms with E-state index in [4.69, 9.17) is 29.2 Å². The van der Waals surface area contributed by atoms with E-state index >= 15 is 0 Å². The van der Waals surface area contributed by atoms with Crippen molar-refractivity contribution >= 4 is 11.9 Å². The van der Waals surface area contributed by atoms with Crippen molar-refractivity contribution < 1.29 is 51.9 Å². The molecular formula is C35H33F3O8. The summed E-state index contributed by atoms with van der Waals surface area (Å²) in [5.74, 6) is 4.83. The largest absolute Gasteiger partial charge is 0.457 e. The number of aliphatic hydroxyl groups excluding tert-OH is 2. The van der Waals surface area contributed by atoms with Gasteiger partial charge in [-0.15, -0.1) is 0 Å². The van der Waals surface area contributed by atoms with Gasteiger partial charge >= 0.3 is 18.1 Å². The summed E-state index contributed by atoms with van der Waals surface area (Å²) in [6.07, 6.45) is -3.74. The first-order valence-corrected chi connectivity index (χ1v) is 14.1. The predicted molar refractivity (Wildman–Crippen MR) is 164 cm³/mol. The fourth-order valence-electron chi connectivity index (χ4n) is 3.85. The molecule has 2 N–H and O–H groups in total. The molecule has 242 valence electrons. The quantitative estimate of drug-likeness (QED) is 0.0698. The van der Waals surface area contributed by atoms with Gasteiger partial charge in [0.2, 0.25) is 13.6 Å². The van der Waals surface area contributed by atoms with Crippen molar-refractivity contribution in [2.75, 3.05) is 26.8 Å². The van der Waals surface area contributed by atoms with Crippen LogP contribution in [0.5, 0.6) is 11.5 Å². The summed E-state index contributed by atoms with van der Waals surface area (Å²) in [6.45, 7) is 4.66. The highest BCUT2D eigenvalue weighted by atomic mass is 19.4. The highest BCUT2D eigenvalue weighted by Gasteiger charge is 2.25. The van der Waals surface area contributed by atoms with Crippen LogP contribution in [0.2, 0.25) is 0 Å². The Hall–Kier alpha value is -5.05. The average molecular weight is 639 g/mol. The van der Waals surface area contributed by atoms with Crippen molar-refractivity contribution in [2.24, 2.45) is 0 Å². The van der Waals surface area contributed by atoms with Crippen LogP contribution < -0.4 is 9.47 Å². The Morgan fingerprint density at radius 2 is 1.17 bits per heavy atom. The lowest BCUT2D eigenvalue weighted by Gasteiger charge is -2.11. The molecule has 8 nitrogen and oxygen atoms in total. The van der Waals surface area contributed by atoms with Gasteiger partial charge in [0.25, 0.3) is 0 Å². The molecule has 0 radical (unpaired) electrons. The summed E-state index contributed by atoms with van der Waals surface area (Å²) < 4.78 is 57.8. The number of alkyl halides is 3. The molecule has 46 heavy (non-hydrogen) atoms. The van der Waals surface area contributed by atoms with Crippen molar-refractivity contribution in [1.29, 1.82) is 0 Å². The summed E-state index contributed by atoms with van der Waals surface area (Å²) in [7, 11) is 0. The molecule has 0 fully saturated rings. The van der Waals surface area contributed by atoms with Crippen molar-refractivity contribution in [1.82, 2.24) is 0 Å². The van der Waals surface area contributed by atoms with E-state index in [1.165, 1.54) is 6.07 Å². The molecule has 0 saturated carbocycles. The van der Waals surface area contributed by atoms with E-state index < -0.39 is 51.3 Å². The summed E-state index contributed by atoms with van der Waals surface area (Å²) in [5, 5.41) is 18.0. The Kier molecular flexibility index (Phi) is 13.4. The van der Waals surface area contributed by atoms with Crippen molar-refractivity contribution in [3.63, 3.8) is 0 Å². The lowest BCUT2D eigenvalue weighted by Crippen LogP contribution is -2.14. The third-order valence-electron chi connectivity index (χ3n) is 6.37. The number of hydrogen-bond donors (Lipinski definition) is 2. The molecule has 0 amide bonds. The van der Waals surface area contributed by atoms with Gasteiger partial charge in [-0.3, -0.25) is 0 Å². The third-order valence-corrected chi connectivity index (χ3v) is 6.37. The molecule has 0 unspecified atom stereocenters. The van der Waals surface area contributed by atoms with E-state index in [9.17, 15) is 22.8 Å². The Balaban J connectivity index is 1.68. The maximum atomic E-state index is 12.3. The number of carbonyl (C=O) groups excluding carboxylic acids is 2. The van der Waals surface area contributed by atoms with Gasteiger partial charge in [0.1, 0.15) is 11.5 Å². The maximum absolute atomic E-state index is 12.3. The standard InChI is InChI=1S/C35H33F3O8/c1-24(20-39)33(41)45-22-43-31-17-28(18-32(19-31)44-23-46-34(42)25(2)21-40)7-6-27-10-14-30(15-11-27)29-12-8-26(9-13-29)5-3-4-16-35(36,37)38/h8-15,17-19,39-40H,1-5,16,20-23H2. The first-order valence-electron chi connectivity index (χ1n) is 14.1. The van der Waals surface area contributed by atoms with Gasteiger partial charge in [-0.25, -0.2) is 9.59 Å². The lowest BCUT2D eigenvalue weighted by molar-refractivity contribution is -0.146. The van der Waals surface area contributed by atoms with Gasteiger partial charge in [-0.05, 0) is 60.2 Å². The van der Waals surface area contributed by atoms with E-state index in [1.54, 1.807) is 12.1 Å². The molecule has 0 heterocycles. The fourth-order valence-corrected chi connectivity index (χ4v) is 3.85. The van der Waals surface area contributed by atoms with Crippen molar-refractivity contribution in [3.8, 4) is 34.5 Å². The van der Waals surface area contributed by atoms with Gasteiger partial charge in [0, 0.05) is 23.6 Å². The van der Waals surface area contributed by atoms with Gasteiger partial charge in [0.15, 0.2) is 0 Å². The molecular weight excluding hydrogens is 605 g/mol. The summed E-state index contributed by atoms with van der Waals surface area (Å²) in [5.41, 5.74) is 3.75. The molecule has 0 aliphatic rings. The number of ether oxygens (including phenoxy) is 4. The molecule has 0 spiro atoms. The second-order valence-electron chi connectivity index (χ2n) is 9.95. The van der Waals surface area contributed by atoms with Gasteiger partial charge in [0.05, 0.1) is 24.4 Å². The Morgan fingerprint density at radius 3 is 1.65 bits per heavy atom. The number of aryl methyl sites for hydroxylation is 1. The number of halogens is 3. The lowest BCUT2D eigenvalue weighted by atomic mass is 10.0. The molecule has 0 aromatic heterocycles. The Labute approximate surface area is 264 Å². The molecule has 0 atom stereocenters. The van der Waals surface area contributed by atoms with E-state index in [0.717, 1.165) is 16.7 Å². The Bertz CT molecular complexity index is 1510. The van der Waals surface area contributed by atoms with Crippen LogP contribution in [0.4, 0.5) is 13.2 Å². The van der Waals surface area contributed by atoms with Crippen LogP contribution in [0.15, 0.2) is 91.0 Å². The second-order valence-corrected chi connectivity index (χ2v) is 9.95. The fraction of sp³-hybridized carbons (Fsp3) is 0.257. The zero-order chi connectivity index (χ0) is 33.5. The van der Waals surface area contributed by atoms with Crippen LogP contribution in [0.25, 0.3) is 11.1 Å². The summed E-state index contributed by atoms with van der Waals surface area (Å²) in [6, 6.07) is 19.8. The van der Waals surface area contributed by atoms with Gasteiger partial charge in [-0.2, -0.15) is 13.2 Å². The zero-order valence-electron chi connectivity index (χ0n) is 24.9. The van der Waals surface area contributed by atoms with Crippen LogP contribution >= 0.6 is 0 Å². The van der Waals surface area contributed by atoms with Crippen LogP contribution in [0.1, 0.15) is 36.0 Å². The Morgan fingerprint density at radius 1 is 0.696 bits per heavy atom. The van der Waals surface area contributed by atoms with E-state index in [-0.39, 0.29) is 29.1 Å². The SMILES string of the molecule is C=C(CO)C(=O)OCOc1cc(C#Cc2ccc(-c3ccc(CCCCC(F)(F)F)cc3)cc2)cc(OCOC(=O)C(=C)CO)c1. The maximum Gasteiger partial charge on any atom is 0.389 e. The molecule has 3 aromatic rings. The normalized spacial score (nSPS) is 10.7. The number of unbranched alkanes of at least 4 members (excludes halogenated alkanes) is 1. The van der Waals surface area contributed by atoms with Crippen molar-refractivity contribution in [3.05, 3.63) is 108 Å². The smallest absolute Gasteiger partial charge is 0.389 e. The highest BCUT2D eigenvalue weighted by Crippen LogP contribution is 2.25. The van der Waals surface area contributed by atoms with E-state index in [0.29, 0.717) is 24.0 Å². The summed E-state index contributed by atoms with van der Waals surface area (Å²) >= 11 is 0. The average Bonchev–Trinajstić information content (AvgIpc) is 3.05. The predicted octanol–water partition coefficient (Wildman–Crippen LogP) is 5.88. The van der Waals surface area contributed by atoms with Gasteiger partial charge in [-0.1, -0.05) is 61.4 Å². The minimum Gasteiger partial charge on any atom is -0.457 e. The highest BCUT2D eigenvalue weighted by molar-refractivity contribution is 5.88. The third kappa shape index (κ3) is 12.1. The van der Waals surface area contributed by atoms with E-state index in [1.807, 2.05) is 48.5 Å². The topological polar surface area (TPSA) is 112 Å². The molecule has 11 heteroatoms. The van der Waals surface area contributed by atoms with Crippen LogP contribution in [0, 0.1) is 11.8 Å². The molecule has 3 rings (SSSR count). The van der Waals surface area contributed by atoms with Crippen LogP contribution in [-0.4, -0.2) is 55.1 Å². The van der Waals surface area contributed by atoms with Crippen LogP contribution in [-0.2, 0) is 25.5 Å².